The second-order valence-corrected chi connectivity index (χ2v) is 3.86. The molecule has 1 N–H and O–H groups in total. The van der Waals surface area contributed by atoms with Gasteiger partial charge in [0.15, 0.2) is 0 Å². The maximum absolute atomic E-state index is 9.17. The summed E-state index contributed by atoms with van der Waals surface area (Å²) in [6, 6.07) is 3.38. The van der Waals surface area contributed by atoms with Crippen LogP contribution in [0.15, 0.2) is 16.7 Å². The fourth-order valence-corrected chi connectivity index (χ4v) is 1.34. The zero-order valence-electron chi connectivity index (χ0n) is 10.2. The second kappa shape index (κ2) is 5.54. The Bertz CT molecular complexity index is 495. The summed E-state index contributed by atoms with van der Waals surface area (Å²) >= 11 is 0. The minimum absolute atomic E-state index is 0.380. The number of rotatable bonds is 5. The number of aromatic nitrogens is 4. The van der Waals surface area contributed by atoms with Gasteiger partial charge >= 0.3 is 0 Å². The summed E-state index contributed by atoms with van der Waals surface area (Å²) in [6.45, 7) is 1.71. The molecule has 7 nitrogen and oxygen atoms in total. The Morgan fingerprint density at radius 3 is 2.83 bits per heavy atom. The average molecular weight is 250 g/mol. The molecule has 0 saturated heterocycles. The molecule has 2 heterocycles. The standard InChI is InChI=1S/C11H14N4O3/c1-7(16)3-5-9-12-11(15-18-9)8-4-6-10(17-2)14-13-8/h4,6-7,16H,3,5H2,1-2H3. The maximum Gasteiger partial charge on any atom is 0.233 e. The first kappa shape index (κ1) is 12.4. The number of nitrogens with zero attached hydrogens (tertiary/aromatic N) is 4. The van der Waals surface area contributed by atoms with Crippen LogP contribution in [-0.4, -0.2) is 38.7 Å². The van der Waals surface area contributed by atoms with Crippen molar-refractivity contribution in [2.45, 2.75) is 25.9 Å². The molecule has 0 amide bonds. The Kier molecular flexibility index (Phi) is 3.83. The van der Waals surface area contributed by atoms with Crippen LogP contribution in [-0.2, 0) is 6.42 Å². The lowest BCUT2D eigenvalue weighted by Crippen LogP contribution is -2.01. The molecule has 0 bridgehead atoms. The lowest BCUT2D eigenvalue weighted by Gasteiger charge is -1.98. The molecule has 0 radical (unpaired) electrons. The van der Waals surface area contributed by atoms with Crippen molar-refractivity contribution in [3.05, 3.63) is 18.0 Å². The summed E-state index contributed by atoms with van der Waals surface area (Å²) in [5.41, 5.74) is 0.517. The maximum atomic E-state index is 9.17. The first-order valence-electron chi connectivity index (χ1n) is 5.58. The van der Waals surface area contributed by atoms with Gasteiger partial charge in [-0.25, -0.2) is 0 Å². The minimum Gasteiger partial charge on any atom is -0.480 e. The molecule has 1 atom stereocenters. The molecule has 2 aromatic rings. The quantitative estimate of drug-likeness (QED) is 0.840. The number of aliphatic hydroxyl groups is 1. The predicted octanol–water partition coefficient (Wildman–Crippen LogP) is 0.849. The van der Waals surface area contributed by atoms with E-state index in [4.69, 9.17) is 14.4 Å². The highest BCUT2D eigenvalue weighted by Gasteiger charge is 2.11. The fraction of sp³-hybridized carbons (Fsp3) is 0.455. The first-order valence-corrected chi connectivity index (χ1v) is 5.58. The van der Waals surface area contributed by atoms with Crippen LogP contribution in [0.5, 0.6) is 5.88 Å². The van der Waals surface area contributed by atoms with Crippen molar-refractivity contribution in [1.82, 2.24) is 20.3 Å². The van der Waals surface area contributed by atoms with Gasteiger partial charge in [0.25, 0.3) is 0 Å². The van der Waals surface area contributed by atoms with Gasteiger partial charge in [-0.3, -0.25) is 0 Å². The van der Waals surface area contributed by atoms with Crippen LogP contribution in [0.1, 0.15) is 19.2 Å². The fourth-order valence-electron chi connectivity index (χ4n) is 1.34. The highest BCUT2D eigenvalue weighted by Crippen LogP contribution is 2.15. The normalized spacial score (nSPS) is 12.4. The van der Waals surface area contributed by atoms with Gasteiger partial charge in [0.1, 0.15) is 5.69 Å². The zero-order chi connectivity index (χ0) is 13.0. The SMILES string of the molecule is COc1ccc(-c2noc(CCC(C)O)n2)nn1. The van der Waals surface area contributed by atoms with Gasteiger partial charge in [-0.05, 0) is 19.4 Å². The monoisotopic (exact) mass is 250 g/mol. The molecular weight excluding hydrogens is 236 g/mol. The lowest BCUT2D eigenvalue weighted by molar-refractivity contribution is 0.180. The largest absolute Gasteiger partial charge is 0.480 e. The Morgan fingerprint density at radius 1 is 1.39 bits per heavy atom. The van der Waals surface area contributed by atoms with Gasteiger partial charge in [-0.15, -0.1) is 10.2 Å². The minimum atomic E-state index is -0.388. The molecule has 1 unspecified atom stereocenters. The van der Waals surface area contributed by atoms with Crippen molar-refractivity contribution >= 4 is 0 Å². The lowest BCUT2D eigenvalue weighted by atomic mass is 10.2. The van der Waals surface area contributed by atoms with Crippen LogP contribution in [0, 0.1) is 0 Å². The Balaban J connectivity index is 2.08. The van der Waals surface area contributed by atoms with E-state index in [2.05, 4.69) is 20.3 Å². The van der Waals surface area contributed by atoms with Crippen molar-refractivity contribution in [3.63, 3.8) is 0 Å². The van der Waals surface area contributed by atoms with Gasteiger partial charge in [-0.1, -0.05) is 5.16 Å². The van der Waals surface area contributed by atoms with E-state index in [0.29, 0.717) is 36.1 Å². The van der Waals surface area contributed by atoms with Crippen LogP contribution in [0.3, 0.4) is 0 Å². The van der Waals surface area contributed by atoms with Crippen molar-refractivity contribution in [2.75, 3.05) is 7.11 Å². The topological polar surface area (TPSA) is 94.2 Å². The molecule has 2 rings (SSSR count). The molecule has 18 heavy (non-hydrogen) atoms. The number of aryl methyl sites for hydroxylation is 1. The summed E-state index contributed by atoms with van der Waals surface area (Å²) in [7, 11) is 1.52. The average Bonchev–Trinajstić information content (AvgIpc) is 2.85. The van der Waals surface area contributed by atoms with Crippen molar-refractivity contribution in [3.8, 4) is 17.4 Å². The Labute approximate surface area is 104 Å². The Hall–Kier alpha value is -2.02. The molecule has 0 aliphatic carbocycles. The number of methoxy groups -OCH3 is 1. The first-order chi connectivity index (χ1) is 8.69. The van der Waals surface area contributed by atoms with Crippen molar-refractivity contribution < 1.29 is 14.4 Å². The third kappa shape index (κ3) is 3.01. The third-order valence-electron chi connectivity index (χ3n) is 2.32. The van der Waals surface area contributed by atoms with Gasteiger partial charge in [-0.2, -0.15) is 4.98 Å². The smallest absolute Gasteiger partial charge is 0.233 e. The highest BCUT2D eigenvalue weighted by atomic mass is 16.5. The van der Waals surface area contributed by atoms with E-state index in [0.717, 1.165) is 0 Å². The number of hydrogen-bond donors (Lipinski definition) is 1. The molecule has 0 saturated carbocycles. The Morgan fingerprint density at radius 2 is 2.22 bits per heavy atom. The summed E-state index contributed by atoms with van der Waals surface area (Å²) in [4.78, 5) is 4.18. The number of ether oxygens (including phenoxy) is 1. The van der Waals surface area contributed by atoms with Crippen LogP contribution >= 0.6 is 0 Å². The van der Waals surface area contributed by atoms with E-state index in [9.17, 15) is 0 Å². The molecule has 96 valence electrons. The predicted molar refractivity (Wildman–Crippen MR) is 61.9 cm³/mol. The molecule has 0 fully saturated rings. The number of hydrogen-bond acceptors (Lipinski definition) is 7. The van der Waals surface area contributed by atoms with E-state index in [1.165, 1.54) is 7.11 Å². The second-order valence-electron chi connectivity index (χ2n) is 3.86. The van der Waals surface area contributed by atoms with Crippen LogP contribution < -0.4 is 4.74 Å². The summed E-state index contributed by atoms with van der Waals surface area (Å²) in [5, 5.41) is 20.7. The number of aliphatic hydroxyl groups excluding tert-OH is 1. The van der Waals surface area contributed by atoms with Crippen LogP contribution in [0.2, 0.25) is 0 Å². The summed E-state index contributed by atoms with van der Waals surface area (Å²) in [6.07, 6.45) is 0.727. The van der Waals surface area contributed by atoms with Gasteiger partial charge in [0, 0.05) is 12.5 Å². The van der Waals surface area contributed by atoms with E-state index in [1.54, 1.807) is 19.1 Å². The molecule has 0 spiro atoms. The van der Waals surface area contributed by atoms with E-state index < -0.39 is 0 Å². The molecular formula is C11H14N4O3. The van der Waals surface area contributed by atoms with Gasteiger partial charge in [0.05, 0.1) is 13.2 Å². The van der Waals surface area contributed by atoms with Crippen LogP contribution in [0.25, 0.3) is 11.5 Å². The van der Waals surface area contributed by atoms with E-state index in [1.807, 2.05) is 0 Å². The molecule has 0 aliphatic rings. The zero-order valence-corrected chi connectivity index (χ0v) is 10.2. The highest BCUT2D eigenvalue weighted by molar-refractivity contribution is 5.47. The van der Waals surface area contributed by atoms with E-state index in [-0.39, 0.29) is 6.10 Å². The summed E-state index contributed by atoms with van der Waals surface area (Å²) < 4.78 is 9.96. The van der Waals surface area contributed by atoms with Gasteiger partial charge in [0.2, 0.25) is 17.6 Å². The molecule has 7 heteroatoms. The third-order valence-corrected chi connectivity index (χ3v) is 2.32. The molecule has 2 aromatic heterocycles. The molecule has 0 aromatic carbocycles. The summed E-state index contributed by atoms with van der Waals surface area (Å²) in [5.74, 6) is 1.28. The van der Waals surface area contributed by atoms with Crippen LogP contribution in [0.4, 0.5) is 0 Å². The van der Waals surface area contributed by atoms with Crippen molar-refractivity contribution in [1.29, 1.82) is 0 Å². The van der Waals surface area contributed by atoms with Crippen molar-refractivity contribution in [2.24, 2.45) is 0 Å². The molecule has 0 aliphatic heterocycles. The van der Waals surface area contributed by atoms with E-state index >= 15 is 0 Å². The van der Waals surface area contributed by atoms with Gasteiger partial charge < -0.3 is 14.4 Å².